The van der Waals surface area contributed by atoms with Crippen LogP contribution in [0.15, 0.2) is 158 Å². The van der Waals surface area contributed by atoms with Crippen molar-refractivity contribution in [2.75, 3.05) is 39.6 Å². The van der Waals surface area contributed by atoms with Gasteiger partial charge in [0.25, 0.3) is 0 Å². The monoisotopic (exact) mass is 1520 g/mol. The zero-order valence-corrected chi connectivity index (χ0v) is 67.8. The molecule has 3 N–H and O–H groups in total. The van der Waals surface area contributed by atoms with Crippen LogP contribution in [0.3, 0.4) is 0 Å². The van der Waals surface area contributed by atoms with Crippen LogP contribution in [0.5, 0.6) is 0 Å². The Balaban J connectivity index is 5.52. The first-order chi connectivity index (χ1) is 51.7. The summed E-state index contributed by atoms with van der Waals surface area (Å²) in [6, 6.07) is 0. The lowest BCUT2D eigenvalue weighted by atomic mass is 10.0. The Kier molecular flexibility index (Phi) is 73.9. The number of aliphatic hydroxyl groups excluding tert-OH is 1. The molecule has 0 saturated carbocycles. The fourth-order valence-electron chi connectivity index (χ4n) is 10.4. The summed E-state index contributed by atoms with van der Waals surface area (Å²) in [5, 5.41) is 10.6. The van der Waals surface area contributed by atoms with E-state index in [1.165, 1.54) is 96.3 Å². The Bertz CT molecular complexity index is 2630. The number of carbonyl (C=O) groups excluding carboxylic acids is 4. The molecule has 604 valence electrons. The van der Waals surface area contributed by atoms with Crippen LogP contribution in [-0.2, 0) is 65.4 Å². The van der Waals surface area contributed by atoms with Gasteiger partial charge in [-0.2, -0.15) is 0 Å². The van der Waals surface area contributed by atoms with Crippen molar-refractivity contribution in [2.24, 2.45) is 0 Å². The summed E-state index contributed by atoms with van der Waals surface area (Å²) in [7, 11) is -10.0. The predicted molar refractivity (Wildman–Crippen MR) is 436 cm³/mol. The average molecular weight is 1520 g/mol. The van der Waals surface area contributed by atoms with E-state index < -0.39 is 97.5 Å². The number of hydrogen-bond donors (Lipinski definition) is 3. The summed E-state index contributed by atoms with van der Waals surface area (Å²) < 4.78 is 68.5. The van der Waals surface area contributed by atoms with Gasteiger partial charge in [0, 0.05) is 25.7 Å². The fourth-order valence-corrected chi connectivity index (χ4v) is 12.0. The summed E-state index contributed by atoms with van der Waals surface area (Å²) in [6.07, 6.45) is 91.1. The van der Waals surface area contributed by atoms with Gasteiger partial charge in [-0.05, 0) is 128 Å². The summed E-state index contributed by atoms with van der Waals surface area (Å²) in [6.45, 7) is 4.47. The van der Waals surface area contributed by atoms with E-state index in [9.17, 15) is 43.2 Å². The Hall–Kier alpha value is -5.32. The SMILES string of the molecule is CC/C=C\C/C=C\C/C=C\C/C=C\C/C=C\C/C=C\CCC(=O)OC[C@H](COP(=O)(O)OC[C@@H](O)COP(=O)(O)OC[C@@H](COC(=O)CCCCCCCCCCCCCCC)OC(=O)CCCCCCC/C=C\CCCCCCCC)OC(=O)CC/C=C\C/C=C\C/C=C\C/C=C\C/C=C\C/C=C\CC. The van der Waals surface area contributed by atoms with Crippen LogP contribution < -0.4 is 0 Å². The summed E-state index contributed by atoms with van der Waals surface area (Å²) in [4.78, 5) is 73.0. The maximum absolute atomic E-state index is 13.1. The molecule has 0 fully saturated rings. The Morgan fingerprint density at radius 1 is 0.274 bits per heavy atom. The minimum absolute atomic E-state index is 0.0150. The summed E-state index contributed by atoms with van der Waals surface area (Å²) >= 11 is 0. The predicted octanol–water partition coefficient (Wildman–Crippen LogP) is 24.0. The number of carbonyl (C=O) groups is 4. The molecule has 0 amide bonds. The van der Waals surface area contributed by atoms with Gasteiger partial charge in [0.1, 0.15) is 19.3 Å². The highest BCUT2D eigenvalue weighted by Gasteiger charge is 2.30. The third-order valence-electron chi connectivity index (χ3n) is 16.5. The number of unbranched alkanes of at least 4 members (excludes halogenated alkanes) is 23. The van der Waals surface area contributed by atoms with Crippen molar-refractivity contribution in [3.05, 3.63) is 158 Å². The molecule has 0 bridgehead atoms. The van der Waals surface area contributed by atoms with Gasteiger partial charge in [-0.15, -0.1) is 0 Å². The zero-order chi connectivity index (χ0) is 77.4. The molecule has 17 nitrogen and oxygen atoms in total. The van der Waals surface area contributed by atoms with Gasteiger partial charge in [-0.3, -0.25) is 37.3 Å². The minimum Gasteiger partial charge on any atom is -0.462 e. The molecule has 0 heterocycles. The van der Waals surface area contributed by atoms with E-state index in [2.05, 4.69) is 149 Å². The fraction of sp³-hybridized carbons (Fsp3) is 0.655. The lowest BCUT2D eigenvalue weighted by molar-refractivity contribution is -0.161. The van der Waals surface area contributed by atoms with Crippen molar-refractivity contribution >= 4 is 39.5 Å². The highest BCUT2D eigenvalue weighted by molar-refractivity contribution is 7.47. The van der Waals surface area contributed by atoms with Gasteiger partial charge >= 0.3 is 39.5 Å². The van der Waals surface area contributed by atoms with E-state index in [0.29, 0.717) is 38.5 Å². The topological polar surface area (TPSA) is 237 Å². The van der Waals surface area contributed by atoms with Crippen LogP contribution in [0.4, 0.5) is 0 Å². The van der Waals surface area contributed by atoms with Gasteiger partial charge in [-0.1, -0.05) is 314 Å². The highest BCUT2D eigenvalue weighted by Crippen LogP contribution is 2.45. The molecule has 5 atom stereocenters. The van der Waals surface area contributed by atoms with Crippen LogP contribution in [0.2, 0.25) is 0 Å². The minimum atomic E-state index is -5.02. The molecule has 0 aromatic heterocycles. The molecule has 0 rings (SSSR count). The number of hydrogen-bond acceptors (Lipinski definition) is 15. The number of aliphatic hydroxyl groups is 1. The molecule has 0 aliphatic heterocycles. The van der Waals surface area contributed by atoms with Gasteiger partial charge < -0.3 is 33.8 Å². The third kappa shape index (κ3) is 76.9. The number of phosphoric ester groups is 2. The molecule has 0 aliphatic rings. The van der Waals surface area contributed by atoms with E-state index in [-0.39, 0.29) is 25.7 Å². The van der Waals surface area contributed by atoms with Crippen LogP contribution in [0.1, 0.15) is 310 Å². The van der Waals surface area contributed by atoms with Crippen LogP contribution in [0, 0.1) is 0 Å². The zero-order valence-electron chi connectivity index (χ0n) is 66.1. The van der Waals surface area contributed by atoms with Crippen molar-refractivity contribution in [1.29, 1.82) is 0 Å². The van der Waals surface area contributed by atoms with Crippen molar-refractivity contribution in [1.82, 2.24) is 0 Å². The normalized spacial score (nSPS) is 14.7. The summed E-state index contributed by atoms with van der Waals surface area (Å²) in [5.41, 5.74) is 0. The number of phosphoric acid groups is 2. The van der Waals surface area contributed by atoms with Crippen molar-refractivity contribution < 1.29 is 80.2 Å². The van der Waals surface area contributed by atoms with E-state index >= 15 is 0 Å². The molecule has 0 aromatic rings. The van der Waals surface area contributed by atoms with Crippen molar-refractivity contribution in [3.8, 4) is 0 Å². The van der Waals surface area contributed by atoms with Gasteiger partial charge in [0.05, 0.1) is 26.4 Å². The highest BCUT2D eigenvalue weighted by atomic mass is 31.2. The Morgan fingerprint density at radius 2 is 0.509 bits per heavy atom. The van der Waals surface area contributed by atoms with E-state index in [1.54, 1.807) is 0 Å². The molecule has 2 unspecified atom stereocenters. The Labute approximate surface area is 642 Å². The van der Waals surface area contributed by atoms with Gasteiger partial charge in [0.2, 0.25) is 0 Å². The summed E-state index contributed by atoms with van der Waals surface area (Å²) in [5.74, 6) is -2.38. The molecule has 106 heavy (non-hydrogen) atoms. The molecule has 0 spiro atoms. The lowest BCUT2D eigenvalue weighted by Crippen LogP contribution is -2.30. The number of ether oxygens (including phenoxy) is 4. The molecule has 19 heteroatoms. The second-order valence-electron chi connectivity index (χ2n) is 26.6. The van der Waals surface area contributed by atoms with Gasteiger partial charge in [0.15, 0.2) is 12.2 Å². The largest absolute Gasteiger partial charge is 0.472 e. The molecule has 0 radical (unpaired) electrons. The number of esters is 4. The Morgan fingerprint density at radius 3 is 0.830 bits per heavy atom. The van der Waals surface area contributed by atoms with Crippen LogP contribution in [-0.4, -0.2) is 96.7 Å². The maximum Gasteiger partial charge on any atom is 0.472 e. The lowest BCUT2D eigenvalue weighted by Gasteiger charge is -2.21. The van der Waals surface area contributed by atoms with Crippen LogP contribution in [0.25, 0.3) is 0 Å². The molecular weight excluding hydrogens is 1380 g/mol. The van der Waals surface area contributed by atoms with E-state index in [0.717, 1.165) is 122 Å². The first-order valence-electron chi connectivity index (χ1n) is 40.7. The first kappa shape index (κ1) is 101. The first-order valence-corrected chi connectivity index (χ1v) is 43.7. The maximum atomic E-state index is 13.1. The number of rotatable bonds is 75. The van der Waals surface area contributed by atoms with Crippen LogP contribution >= 0.6 is 15.6 Å². The van der Waals surface area contributed by atoms with E-state index in [1.807, 2.05) is 36.5 Å². The molecule has 0 aliphatic carbocycles. The second kappa shape index (κ2) is 77.8. The third-order valence-corrected chi connectivity index (χ3v) is 18.4. The van der Waals surface area contributed by atoms with Crippen molar-refractivity contribution in [3.63, 3.8) is 0 Å². The molecule has 0 saturated heterocycles. The average Bonchev–Trinajstić information content (AvgIpc) is 0.903. The van der Waals surface area contributed by atoms with Gasteiger partial charge in [-0.25, -0.2) is 9.13 Å². The van der Waals surface area contributed by atoms with E-state index in [4.69, 9.17) is 37.0 Å². The smallest absolute Gasteiger partial charge is 0.462 e. The standard InChI is InChI=1S/C87H144O17P2/c1-5-9-13-17-21-25-29-33-36-38-40-42-45-48-52-56-60-64-68-72-85(90)98-78-83(104-87(92)74-70-66-62-58-54-50-46-43-41-39-37-34-30-26-22-18-14-10-6-2)80-102-106(95,96)100-76-81(88)75-99-105(93,94)101-79-82(77-97-84(89)71-67-63-59-55-51-47-32-28-24-20-16-12-8-4)103-86(91)73-69-65-61-57-53-49-44-35-31-27-23-19-15-11-7-3/h9-10,13-14,21-22,25-26,33-37,40-44,48,50,52,54,60,62,64,66,81-83,88H,5-8,11-12,15-20,23-24,27-32,38-39,45-47,49,51,53,55-59,61,63,65,67-80H2,1-4H3,(H,93,94)(H,95,96)/b13-9-,14-10-,25-21-,26-22-,36-33-,37-34-,42-40-,43-41-,44-35-,52-48-,54-50-,64-60-,66-62-/t81-,82+,83+/m0/s1. The number of allylic oxidation sites excluding steroid dienone is 26. The quantitative estimate of drug-likeness (QED) is 0.0169. The molecular formula is C87H144O17P2. The molecule has 0 aromatic carbocycles. The second-order valence-corrected chi connectivity index (χ2v) is 29.5. The van der Waals surface area contributed by atoms with Crippen molar-refractivity contribution in [2.45, 2.75) is 329 Å².